The molecule has 4 aromatic rings. The molecule has 0 radical (unpaired) electrons. The van der Waals surface area contributed by atoms with Crippen LogP contribution in [0.25, 0.3) is 11.3 Å². The van der Waals surface area contributed by atoms with Crippen molar-refractivity contribution in [3.05, 3.63) is 89.9 Å². The number of carbonyl (C=O) groups excluding carboxylic acids is 1. The largest absolute Gasteiger partial charge is 0.379 e. The van der Waals surface area contributed by atoms with Crippen molar-refractivity contribution in [2.24, 2.45) is 0 Å². The van der Waals surface area contributed by atoms with Crippen LogP contribution in [0.3, 0.4) is 0 Å². The summed E-state index contributed by atoms with van der Waals surface area (Å²) in [5, 5.41) is 9.61. The molecule has 10 heteroatoms. The SMILES string of the molecule is Cc1ccc(C(=O)Nc2cccc(CF)c2)cc1Nc1ncccc1-c1cc(NCCN2CCOCC2)ncn1. The monoisotopic (exact) mass is 541 g/mol. The van der Waals surface area contributed by atoms with Gasteiger partial charge in [0.2, 0.25) is 0 Å². The summed E-state index contributed by atoms with van der Waals surface area (Å²) in [6, 6.07) is 17.9. The summed E-state index contributed by atoms with van der Waals surface area (Å²) in [5.41, 5.74) is 4.72. The highest BCUT2D eigenvalue weighted by Gasteiger charge is 2.14. The maximum absolute atomic E-state index is 13.0. The lowest BCUT2D eigenvalue weighted by molar-refractivity contribution is 0.0398. The van der Waals surface area contributed by atoms with E-state index in [1.807, 2.05) is 31.2 Å². The van der Waals surface area contributed by atoms with Crippen LogP contribution in [0.1, 0.15) is 21.5 Å². The molecule has 5 rings (SSSR count). The summed E-state index contributed by atoms with van der Waals surface area (Å²) in [4.78, 5) is 28.8. The van der Waals surface area contributed by atoms with Crippen LogP contribution in [0.5, 0.6) is 0 Å². The topological polar surface area (TPSA) is 104 Å². The fraction of sp³-hybridized carbons (Fsp3) is 0.267. The van der Waals surface area contributed by atoms with E-state index in [0.29, 0.717) is 22.6 Å². The number of halogens is 1. The van der Waals surface area contributed by atoms with Gasteiger partial charge in [0.25, 0.3) is 5.91 Å². The van der Waals surface area contributed by atoms with Crippen molar-refractivity contribution >= 4 is 28.9 Å². The smallest absolute Gasteiger partial charge is 0.255 e. The molecule has 0 saturated carbocycles. The van der Waals surface area contributed by atoms with E-state index in [0.717, 1.165) is 67.7 Å². The van der Waals surface area contributed by atoms with Gasteiger partial charge in [0, 0.05) is 60.9 Å². The van der Waals surface area contributed by atoms with Crippen LogP contribution in [0.2, 0.25) is 0 Å². The number of anilines is 4. The summed E-state index contributed by atoms with van der Waals surface area (Å²) in [5.74, 6) is 1.06. The Balaban J connectivity index is 1.30. The standard InChI is InChI=1S/C30H32FN7O2/c1-21-7-8-23(30(39)36-24-5-2-4-22(16-24)19-31)17-26(21)37-29-25(6-3-9-33-29)27-18-28(35-20-34-27)32-10-11-38-12-14-40-15-13-38/h2-9,16-18,20H,10-15,19H2,1H3,(H,33,37)(H,36,39)(H,32,34,35). The number of pyridine rings is 1. The molecule has 2 aromatic carbocycles. The Morgan fingerprint density at radius 3 is 2.75 bits per heavy atom. The first-order valence-corrected chi connectivity index (χ1v) is 13.2. The highest BCUT2D eigenvalue weighted by molar-refractivity contribution is 6.05. The number of alkyl halides is 1. The number of aryl methyl sites for hydroxylation is 1. The second kappa shape index (κ2) is 13.1. The third-order valence-electron chi connectivity index (χ3n) is 6.68. The van der Waals surface area contributed by atoms with Gasteiger partial charge in [-0.25, -0.2) is 19.3 Å². The van der Waals surface area contributed by atoms with Gasteiger partial charge in [-0.2, -0.15) is 0 Å². The zero-order valence-electron chi connectivity index (χ0n) is 22.4. The predicted octanol–water partition coefficient (Wildman–Crippen LogP) is 5.06. The molecular formula is C30H32FN7O2. The molecule has 206 valence electrons. The maximum Gasteiger partial charge on any atom is 0.255 e. The number of aromatic nitrogens is 3. The maximum atomic E-state index is 13.0. The van der Waals surface area contributed by atoms with Crippen LogP contribution in [-0.2, 0) is 11.4 Å². The normalized spacial score (nSPS) is 13.6. The minimum absolute atomic E-state index is 0.288. The fourth-order valence-electron chi connectivity index (χ4n) is 4.44. The number of amides is 1. The first-order chi connectivity index (χ1) is 19.6. The molecule has 0 unspecified atom stereocenters. The summed E-state index contributed by atoms with van der Waals surface area (Å²) >= 11 is 0. The molecule has 1 fully saturated rings. The van der Waals surface area contributed by atoms with Crippen molar-refractivity contribution in [2.75, 3.05) is 55.3 Å². The molecule has 1 aliphatic heterocycles. The first kappa shape index (κ1) is 27.2. The molecule has 40 heavy (non-hydrogen) atoms. The minimum Gasteiger partial charge on any atom is -0.379 e. The Bertz CT molecular complexity index is 1460. The second-order valence-corrected chi connectivity index (χ2v) is 9.51. The van der Waals surface area contributed by atoms with Crippen LogP contribution in [0.15, 0.2) is 73.2 Å². The third-order valence-corrected chi connectivity index (χ3v) is 6.68. The van der Waals surface area contributed by atoms with E-state index in [4.69, 9.17) is 4.74 Å². The van der Waals surface area contributed by atoms with Crippen LogP contribution >= 0.6 is 0 Å². The van der Waals surface area contributed by atoms with Crippen LogP contribution < -0.4 is 16.0 Å². The highest BCUT2D eigenvalue weighted by Crippen LogP contribution is 2.29. The number of carbonyl (C=O) groups is 1. The summed E-state index contributed by atoms with van der Waals surface area (Å²) in [6.07, 6.45) is 3.25. The van der Waals surface area contributed by atoms with Gasteiger partial charge in [-0.3, -0.25) is 9.69 Å². The van der Waals surface area contributed by atoms with E-state index in [9.17, 15) is 9.18 Å². The summed E-state index contributed by atoms with van der Waals surface area (Å²) in [7, 11) is 0. The van der Waals surface area contributed by atoms with Gasteiger partial charge in [0.05, 0.1) is 18.9 Å². The average Bonchev–Trinajstić information content (AvgIpc) is 2.99. The summed E-state index contributed by atoms with van der Waals surface area (Å²) in [6.45, 7) is 6.47. The number of rotatable bonds is 10. The van der Waals surface area contributed by atoms with Crippen LogP contribution in [0.4, 0.5) is 27.4 Å². The molecule has 0 bridgehead atoms. The van der Waals surface area contributed by atoms with Crippen molar-refractivity contribution in [3.8, 4) is 11.3 Å². The van der Waals surface area contributed by atoms with Crippen molar-refractivity contribution in [3.63, 3.8) is 0 Å². The Morgan fingerprint density at radius 1 is 1.02 bits per heavy atom. The molecule has 0 atom stereocenters. The number of benzene rings is 2. The van der Waals surface area contributed by atoms with Gasteiger partial charge in [-0.05, 0) is 54.4 Å². The van der Waals surface area contributed by atoms with Crippen molar-refractivity contribution in [1.29, 1.82) is 0 Å². The lowest BCUT2D eigenvalue weighted by atomic mass is 10.1. The van der Waals surface area contributed by atoms with E-state index in [1.54, 1.807) is 42.6 Å². The molecule has 3 heterocycles. The van der Waals surface area contributed by atoms with Crippen molar-refractivity contribution in [2.45, 2.75) is 13.6 Å². The Morgan fingerprint density at radius 2 is 1.90 bits per heavy atom. The molecule has 1 amide bonds. The molecule has 1 aliphatic rings. The number of hydrogen-bond donors (Lipinski definition) is 3. The number of morpholine rings is 1. The number of hydrogen-bond acceptors (Lipinski definition) is 8. The Labute approximate surface area is 232 Å². The molecule has 2 aromatic heterocycles. The zero-order valence-corrected chi connectivity index (χ0v) is 22.4. The molecule has 0 aliphatic carbocycles. The van der Waals surface area contributed by atoms with Gasteiger partial charge < -0.3 is 20.7 Å². The van der Waals surface area contributed by atoms with Crippen LogP contribution in [0, 0.1) is 6.92 Å². The molecule has 0 spiro atoms. The van der Waals surface area contributed by atoms with Gasteiger partial charge in [-0.15, -0.1) is 0 Å². The Hall–Kier alpha value is -4.41. The van der Waals surface area contributed by atoms with E-state index >= 15 is 0 Å². The number of nitrogens with one attached hydrogen (secondary N) is 3. The second-order valence-electron chi connectivity index (χ2n) is 9.51. The van der Waals surface area contributed by atoms with Crippen LogP contribution in [-0.4, -0.2) is 65.2 Å². The minimum atomic E-state index is -0.590. The van der Waals surface area contributed by atoms with Gasteiger partial charge in [0.15, 0.2) is 0 Å². The van der Waals surface area contributed by atoms with E-state index in [2.05, 4.69) is 35.8 Å². The van der Waals surface area contributed by atoms with E-state index in [-0.39, 0.29) is 5.91 Å². The first-order valence-electron chi connectivity index (χ1n) is 13.2. The summed E-state index contributed by atoms with van der Waals surface area (Å²) < 4.78 is 18.4. The highest BCUT2D eigenvalue weighted by atomic mass is 19.1. The fourth-order valence-corrected chi connectivity index (χ4v) is 4.44. The van der Waals surface area contributed by atoms with Gasteiger partial charge >= 0.3 is 0 Å². The zero-order chi connectivity index (χ0) is 27.7. The Kier molecular flexibility index (Phi) is 8.89. The molecular weight excluding hydrogens is 509 g/mol. The molecule has 1 saturated heterocycles. The van der Waals surface area contributed by atoms with E-state index < -0.39 is 6.67 Å². The van der Waals surface area contributed by atoms with Crippen molar-refractivity contribution < 1.29 is 13.9 Å². The van der Waals surface area contributed by atoms with Gasteiger partial charge in [-0.1, -0.05) is 18.2 Å². The lowest BCUT2D eigenvalue weighted by Gasteiger charge is -2.26. The van der Waals surface area contributed by atoms with E-state index in [1.165, 1.54) is 6.33 Å². The number of ether oxygens (including phenoxy) is 1. The quantitative estimate of drug-likeness (QED) is 0.256. The number of nitrogens with zero attached hydrogens (tertiary/aromatic N) is 4. The molecule has 9 nitrogen and oxygen atoms in total. The molecule has 3 N–H and O–H groups in total. The third kappa shape index (κ3) is 6.96. The van der Waals surface area contributed by atoms with Gasteiger partial charge in [0.1, 0.15) is 24.6 Å². The average molecular weight is 542 g/mol. The predicted molar refractivity (Wildman–Crippen MR) is 155 cm³/mol. The lowest BCUT2D eigenvalue weighted by Crippen LogP contribution is -2.39. The van der Waals surface area contributed by atoms with Crippen molar-refractivity contribution in [1.82, 2.24) is 19.9 Å².